The quantitative estimate of drug-likeness (QED) is 0.432. The molecule has 0 radical (unpaired) electrons. The Morgan fingerprint density at radius 3 is 2.79 bits per heavy atom. The Morgan fingerprint density at radius 2 is 1.96 bits per heavy atom. The molecule has 5 aromatic rings. The molecule has 2 aromatic carbocycles. The molecule has 1 amide bonds. The summed E-state index contributed by atoms with van der Waals surface area (Å²) in [7, 11) is 0. The van der Waals surface area contributed by atoms with Crippen LogP contribution in [0.5, 0.6) is 0 Å². The van der Waals surface area contributed by atoms with Crippen molar-refractivity contribution in [3.05, 3.63) is 70.2 Å². The van der Waals surface area contributed by atoms with Crippen LogP contribution in [-0.4, -0.2) is 25.7 Å². The third-order valence-electron chi connectivity index (χ3n) is 4.39. The average Bonchev–Trinajstić information content (AvgIpc) is 3.37. The highest BCUT2D eigenvalue weighted by atomic mass is 35.5. The summed E-state index contributed by atoms with van der Waals surface area (Å²) < 4.78 is 2.56. The van der Waals surface area contributed by atoms with Gasteiger partial charge in [-0.1, -0.05) is 41.9 Å². The van der Waals surface area contributed by atoms with Crippen LogP contribution in [-0.2, 0) is 0 Å². The molecule has 0 bridgehead atoms. The molecule has 3 aromatic heterocycles. The molecule has 28 heavy (non-hydrogen) atoms. The van der Waals surface area contributed by atoms with E-state index in [1.165, 1.54) is 11.3 Å². The summed E-state index contributed by atoms with van der Waals surface area (Å²) in [5.74, 6) is 0.783. The van der Waals surface area contributed by atoms with Crippen molar-refractivity contribution in [2.75, 3.05) is 5.32 Å². The van der Waals surface area contributed by atoms with Gasteiger partial charge in [-0.15, -0.1) is 11.3 Å². The summed E-state index contributed by atoms with van der Waals surface area (Å²) in [5.41, 5.74) is 2.49. The Bertz CT molecular complexity index is 1320. The average molecular weight is 408 g/mol. The van der Waals surface area contributed by atoms with Gasteiger partial charge in [0.15, 0.2) is 0 Å². The van der Waals surface area contributed by atoms with Crippen LogP contribution in [0, 0.1) is 6.92 Å². The van der Waals surface area contributed by atoms with Crippen LogP contribution in [0.2, 0.25) is 5.02 Å². The molecule has 5 rings (SSSR count). The van der Waals surface area contributed by atoms with Crippen molar-refractivity contribution in [2.24, 2.45) is 0 Å². The van der Waals surface area contributed by atoms with E-state index in [9.17, 15) is 4.79 Å². The van der Waals surface area contributed by atoms with Crippen molar-refractivity contribution < 1.29 is 4.79 Å². The second kappa shape index (κ2) is 6.47. The number of hydrogen-bond acceptors (Lipinski definition) is 4. The van der Waals surface area contributed by atoms with Crippen LogP contribution in [0.25, 0.3) is 27.1 Å². The van der Waals surface area contributed by atoms with Crippen molar-refractivity contribution in [3.63, 3.8) is 0 Å². The number of aryl methyl sites for hydroxylation is 1. The number of nitrogens with zero attached hydrogens (tertiary/aromatic N) is 3. The molecule has 8 heteroatoms. The molecule has 0 aliphatic carbocycles. The number of carbonyl (C=O) groups is 1. The summed E-state index contributed by atoms with van der Waals surface area (Å²) in [5, 5.41) is 8.73. The number of aromatic amines is 1. The Labute approximate surface area is 168 Å². The number of imidazole rings is 1. The highest BCUT2D eigenvalue weighted by molar-refractivity contribution is 7.21. The topological polar surface area (TPSA) is 75.6 Å². The van der Waals surface area contributed by atoms with Crippen LogP contribution in [0.3, 0.4) is 0 Å². The number of anilines is 1. The first-order chi connectivity index (χ1) is 13.6. The number of thiophene rings is 1. The van der Waals surface area contributed by atoms with Gasteiger partial charge < -0.3 is 10.3 Å². The molecular formula is C20H14ClN5OS. The molecule has 0 atom stereocenters. The highest BCUT2D eigenvalue weighted by Crippen LogP contribution is 2.35. The van der Waals surface area contributed by atoms with E-state index in [0.717, 1.165) is 26.8 Å². The molecule has 6 nitrogen and oxygen atoms in total. The SMILES string of the molecule is Cc1cc(NC(=O)c2sc3ccccc3c2Cl)n(-c2nc3ccccc3[nH]2)n1. The molecule has 0 aliphatic rings. The van der Waals surface area contributed by atoms with E-state index in [2.05, 4.69) is 20.4 Å². The number of fused-ring (bicyclic) bond motifs is 2. The molecule has 0 saturated carbocycles. The van der Waals surface area contributed by atoms with Crippen molar-refractivity contribution in [2.45, 2.75) is 6.92 Å². The zero-order chi connectivity index (χ0) is 19.3. The van der Waals surface area contributed by atoms with E-state index in [4.69, 9.17) is 11.6 Å². The monoisotopic (exact) mass is 407 g/mol. The van der Waals surface area contributed by atoms with Crippen LogP contribution in [0.1, 0.15) is 15.4 Å². The molecule has 0 fully saturated rings. The number of aromatic nitrogens is 4. The van der Waals surface area contributed by atoms with Crippen LogP contribution >= 0.6 is 22.9 Å². The largest absolute Gasteiger partial charge is 0.322 e. The lowest BCUT2D eigenvalue weighted by Gasteiger charge is -2.05. The van der Waals surface area contributed by atoms with Crippen LogP contribution in [0.4, 0.5) is 5.82 Å². The fourth-order valence-electron chi connectivity index (χ4n) is 3.12. The third kappa shape index (κ3) is 2.76. The maximum Gasteiger partial charge on any atom is 0.268 e. The number of hydrogen-bond donors (Lipinski definition) is 2. The predicted octanol–water partition coefficient (Wildman–Crippen LogP) is 5.18. The van der Waals surface area contributed by atoms with Gasteiger partial charge in [-0.2, -0.15) is 9.78 Å². The van der Waals surface area contributed by atoms with Crippen LogP contribution < -0.4 is 5.32 Å². The molecule has 3 heterocycles. The Kier molecular flexibility index (Phi) is 3.92. The van der Waals surface area contributed by atoms with Crippen molar-refractivity contribution in [1.82, 2.24) is 19.7 Å². The smallest absolute Gasteiger partial charge is 0.268 e. The minimum Gasteiger partial charge on any atom is -0.322 e. The summed E-state index contributed by atoms with van der Waals surface area (Å²) in [6, 6.07) is 17.2. The van der Waals surface area contributed by atoms with Gasteiger partial charge in [0.2, 0.25) is 5.95 Å². The zero-order valence-electron chi connectivity index (χ0n) is 14.7. The van der Waals surface area contributed by atoms with E-state index in [1.54, 1.807) is 10.7 Å². The number of halogens is 1. The molecule has 138 valence electrons. The molecule has 0 unspecified atom stereocenters. The van der Waals surface area contributed by atoms with Gasteiger partial charge in [0, 0.05) is 16.2 Å². The molecule has 2 N–H and O–H groups in total. The second-order valence-electron chi connectivity index (χ2n) is 6.36. The minimum absolute atomic E-state index is 0.275. The van der Waals surface area contributed by atoms with E-state index in [-0.39, 0.29) is 5.91 Å². The second-order valence-corrected chi connectivity index (χ2v) is 7.79. The molecule has 0 aliphatic heterocycles. The first-order valence-electron chi connectivity index (χ1n) is 8.60. The molecule has 0 saturated heterocycles. The van der Waals surface area contributed by atoms with E-state index in [0.29, 0.717) is 21.7 Å². The fourth-order valence-corrected chi connectivity index (χ4v) is 4.54. The first kappa shape index (κ1) is 17.0. The Morgan fingerprint density at radius 1 is 1.18 bits per heavy atom. The van der Waals surface area contributed by atoms with Crippen LogP contribution in [0.15, 0.2) is 54.6 Å². The van der Waals surface area contributed by atoms with E-state index < -0.39 is 0 Å². The van der Waals surface area contributed by atoms with Gasteiger partial charge in [0.1, 0.15) is 10.7 Å². The number of benzene rings is 2. The summed E-state index contributed by atoms with van der Waals surface area (Å²) in [6.45, 7) is 1.86. The summed E-state index contributed by atoms with van der Waals surface area (Å²) >= 11 is 7.81. The van der Waals surface area contributed by atoms with Crippen molar-refractivity contribution in [3.8, 4) is 5.95 Å². The zero-order valence-corrected chi connectivity index (χ0v) is 16.3. The number of carbonyl (C=O) groups excluding carboxylic acids is 1. The molecule has 0 spiro atoms. The predicted molar refractivity (Wildman–Crippen MR) is 113 cm³/mol. The van der Waals surface area contributed by atoms with Gasteiger partial charge in [0.25, 0.3) is 5.91 Å². The highest BCUT2D eigenvalue weighted by Gasteiger charge is 2.20. The summed E-state index contributed by atoms with van der Waals surface area (Å²) in [4.78, 5) is 21.2. The number of nitrogens with one attached hydrogen (secondary N) is 2. The lowest BCUT2D eigenvalue weighted by molar-refractivity contribution is 0.103. The maximum absolute atomic E-state index is 12.9. The third-order valence-corrected chi connectivity index (χ3v) is 6.07. The minimum atomic E-state index is -0.275. The van der Waals surface area contributed by atoms with Gasteiger partial charge in [-0.3, -0.25) is 4.79 Å². The normalized spacial score (nSPS) is 11.4. The number of amides is 1. The van der Waals surface area contributed by atoms with Crippen molar-refractivity contribution in [1.29, 1.82) is 0 Å². The Balaban J connectivity index is 1.53. The lowest BCUT2D eigenvalue weighted by Crippen LogP contribution is -2.14. The first-order valence-corrected chi connectivity index (χ1v) is 9.80. The van der Waals surface area contributed by atoms with E-state index in [1.807, 2.05) is 55.5 Å². The van der Waals surface area contributed by atoms with Gasteiger partial charge in [-0.05, 0) is 25.1 Å². The fraction of sp³-hybridized carbons (Fsp3) is 0.0500. The van der Waals surface area contributed by atoms with Gasteiger partial charge in [0.05, 0.1) is 21.7 Å². The number of para-hydroxylation sites is 2. The van der Waals surface area contributed by atoms with Gasteiger partial charge >= 0.3 is 0 Å². The van der Waals surface area contributed by atoms with Crippen molar-refractivity contribution >= 4 is 55.8 Å². The van der Waals surface area contributed by atoms with E-state index >= 15 is 0 Å². The van der Waals surface area contributed by atoms with Gasteiger partial charge in [-0.25, -0.2) is 4.98 Å². The number of H-pyrrole nitrogens is 1. The Hall–Kier alpha value is -3.16. The number of rotatable bonds is 3. The standard InChI is InChI=1S/C20H14ClN5OS/c1-11-10-16(26(25-11)20-22-13-7-3-4-8-14(13)23-20)24-19(27)18-17(21)12-6-2-5-9-15(12)28-18/h2-10H,1H3,(H,22,23)(H,24,27). The summed E-state index contributed by atoms with van der Waals surface area (Å²) in [6.07, 6.45) is 0. The maximum atomic E-state index is 12.9. The molecular weight excluding hydrogens is 394 g/mol. The lowest BCUT2D eigenvalue weighted by atomic mass is 10.2.